The Kier molecular flexibility index (Phi) is 2.05. The molecule has 1 aliphatic rings. The molecule has 1 aromatic rings. The van der Waals surface area contributed by atoms with Crippen molar-refractivity contribution >= 4 is 11.3 Å². The van der Waals surface area contributed by atoms with Crippen molar-refractivity contribution < 1.29 is 0 Å². The highest BCUT2D eigenvalue weighted by Crippen LogP contribution is 2.30. The maximum atomic E-state index is 5.80. The third-order valence-electron chi connectivity index (χ3n) is 2.64. The Bertz CT molecular complexity index is 353. The normalized spacial score (nSPS) is 15.9. The number of anilines is 1. The van der Waals surface area contributed by atoms with Gasteiger partial charge in [-0.1, -0.05) is 6.08 Å². The third-order valence-corrected chi connectivity index (χ3v) is 2.64. The van der Waals surface area contributed by atoms with Gasteiger partial charge in [0.05, 0.1) is 11.9 Å². The zero-order valence-electron chi connectivity index (χ0n) is 7.88. The molecule has 0 spiro atoms. The van der Waals surface area contributed by atoms with Gasteiger partial charge in [-0.2, -0.15) is 0 Å². The van der Waals surface area contributed by atoms with Crippen LogP contribution in [0.3, 0.4) is 0 Å². The minimum atomic E-state index is 0.797. The largest absolute Gasteiger partial charge is 0.397 e. The third kappa shape index (κ3) is 1.44. The molecule has 0 aliphatic heterocycles. The van der Waals surface area contributed by atoms with Gasteiger partial charge in [-0.3, -0.25) is 4.98 Å². The second-order valence-electron chi connectivity index (χ2n) is 3.52. The van der Waals surface area contributed by atoms with Crippen LogP contribution in [0.25, 0.3) is 5.57 Å². The SMILES string of the molecule is Cc1c(N)cncc1C1=CCCC1. The fourth-order valence-corrected chi connectivity index (χ4v) is 1.78. The molecule has 0 saturated carbocycles. The fourth-order valence-electron chi connectivity index (χ4n) is 1.78. The summed E-state index contributed by atoms with van der Waals surface area (Å²) in [5.74, 6) is 0. The van der Waals surface area contributed by atoms with Crippen LogP contribution in [0.2, 0.25) is 0 Å². The topological polar surface area (TPSA) is 38.9 Å². The van der Waals surface area contributed by atoms with Crippen molar-refractivity contribution in [2.75, 3.05) is 5.73 Å². The number of nitrogens with two attached hydrogens (primary N) is 1. The highest BCUT2D eigenvalue weighted by Gasteiger charge is 2.10. The van der Waals surface area contributed by atoms with Gasteiger partial charge in [0.1, 0.15) is 0 Å². The number of pyridine rings is 1. The maximum absolute atomic E-state index is 5.80. The summed E-state index contributed by atoms with van der Waals surface area (Å²) in [7, 11) is 0. The monoisotopic (exact) mass is 174 g/mol. The van der Waals surface area contributed by atoms with Gasteiger partial charge in [-0.05, 0) is 37.3 Å². The molecule has 0 saturated heterocycles. The number of nitrogen functional groups attached to an aromatic ring is 1. The average molecular weight is 174 g/mol. The number of rotatable bonds is 1. The van der Waals surface area contributed by atoms with Crippen molar-refractivity contribution in [3.63, 3.8) is 0 Å². The van der Waals surface area contributed by atoms with Crippen LogP contribution in [0, 0.1) is 6.92 Å². The summed E-state index contributed by atoms with van der Waals surface area (Å²) >= 11 is 0. The summed E-state index contributed by atoms with van der Waals surface area (Å²) in [4.78, 5) is 4.12. The molecule has 0 bridgehead atoms. The van der Waals surface area contributed by atoms with Gasteiger partial charge < -0.3 is 5.73 Å². The molecular weight excluding hydrogens is 160 g/mol. The Morgan fingerprint density at radius 2 is 2.23 bits per heavy atom. The van der Waals surface area contributed by atoms with Gasteiger partial charge in [0, 0.05) is 11.8 Å². The predicted molar refractivity (Wildman–Crippen MR) is 55.2 cm³/mol. The average Bonchev–Trinajstić information content (AvgIpc) is 2.62. The van der Waals surface area contributed by atoms with E-state index < -0.39 is 0 Å². The summed E-state index contributed by atoms with van der Waals surface area (Å²) < 4.78 is 0. The minimum Gasteiger partial charge on any atom is -0.397 e. The lowest BCUT2D eigenvalue weighted by Crippen LogP contribution is -1.95. The Labute approximate surface area is 78.5 Å². The van der Waals surface area contributed by atoms with Crippen LogP contribution in [0.1, 0.15) is 30.4 Å². The van der Waals surface area contributed by atoms with Gasteiger partial charge in [0.15, 0.2) is 0 Å². The molecule has 13 heavy (non-hydrogen) atoms. The van der Waals surface area contributed by atoms with Crippen LogP contribution in [-0.4, -0.2) is 4.98 Å². The molecule has 0 aromatic carbocycles. The van der Waals surface area contributed by atoms with E-state index in [2.05, 4.69) is 18.0 Å². The molecule has 0 radical (unpaired) electrons. The van der Waals surface area contributed by atoms with Gasteiger partial charge in [0.25, 0.3) is 0 Å². The minimum absolute atomic E-state index is 0.797. The van der Waals surface area contributed by atoms with Crippen LogP contribution >= 0.6 is 0 Å². The van der Waals surface area contributed by atoms with Gasteiger partial charge in [0.2, 0.25) is 0 Å². The first-order valence-electron chi connectivity index (χ1n) is 4.68. The lowest BCUT2D eigenvalue weighted by atomic mass is 10.0. The Morgan fingerprint density at radius 1 is 1.38 bits per heavy atom. The number of allylic oxidation sites excluding steroid dienone is 2. The molecule has 0 amide bonds. The number of hydrogen-bond acceptors (Lipinski definition) is 2. The van der Waals surface area contributed by atoms with Crippen molar-refractivity contribution in [3.8, 4) is 0 Å². The summed E-state index contributed by atoms with van der Waals surface area (Å²) in [6.07, 6.45) is 9.57. The van der Waals surface area contributed by atoms with Crippen molar-refractivity contribution in [3.05, 3.63) is 29.6 Å². The second-order valence-corrected chi connectivity index (χ2v) is 3.52. The van der Waals surface area contributed by atoms with Crippen molar-refractivity contribution in [2.24, 2.45) is 0 Å². The zero-order valence-corrected chi connectivity index (χ0v) is 7.88. The van der Waals surface area contributed by atoms with E-state index in [1.165, 1.54) is 36.0 Å². The smallest absolute Gasteiger partial charge is 0.0536 e. The number of hydrogen-bond donors (Lipinski definition) is 1. The summed E-state index contributed by atoms with van der Waals surface area (Å²) in [5, 5.41) is 0. The molecule has 0 unspecified atom stereocenters. The molecule has 1 heterocycles. The van der Waals surface area contributed by atoms with Gasteiger partial charge in [-0.15, -0.1) is 0 Å². The lowest BCUT2D eigenvalue weighted by Gasteiger charge is -2.07. The molecule has 0 atom stereocenters. The molecule has 2 nitrogen and oxygen atoms in total. The highest BCUT2D eigenvalue weighted by molar-refractivity contribution is 5.72. The Balaban J connectivity index is 2.45. The quantitative estimate of drug-likeness (QED) is 0.710. The van der Waals surface area contributed by atoms with E-state index in [0.717, 1.165) is 5.69 Å². The lowest BCUT2D eigenvalue weighted by molar-refractivity contribution is 0.934. The highest BCUT2D eigenvalue weighted by atomic mass is 14.7. The van der Waals surface area contributed by atoms with Crippen LogP contribution in [-0.2, 0) is 0 Å². The zero-order chi connectivity index (χ0) is 9.26. The van der Waals surface area contributed by atoms with Crippen molar-refractivity contribution in [2.45, 2.75) is 26.2 Å². The molecule has 0 fully saturated rings. The van der Waals surface area contributed by atoms with E-state index in [1.807, 2.05) is 6.20 Å². The molecule has 2 rings (SSSR count). The van der Waals surface area contributed by atoms with Gasteiger partial charge in [-0.25, -0.2) is 0 Å². The van der Waals surface area contributed by atoms with Crippen LogP contribution in [0.5, 0.6) is 0 Å². The summed E-state index contributed by atoms with van der Waals surface area (Å²) in [5.41, 5.74) is 10.4. The first-order chi connectivity index (χ1) is 6.29. The molecule has 68 valence electrons. The summed E-state index contributed by atoms with van der Waals surface area (Å²) in [6, 6.07) is 0. The van der Waals surface area contributed by atoms with E-state index in [-0.39, 0.29) is 0 Å². The number of nitrogens with zero attached hydrogens (tertiary/aromatic N) is 1. The molecule has 1 aromatic heterocycles. The maximum Gasteiger partial charge on any atom is 0.0536 e. The molecular formula is C11H14N2. The first kappa shape index (κ1) is 8.30. The first-order valence-corrected chi connectivity index (χ1v) is 4.68. The second kappa shape index (κ2) is 3.21. The van der Waals surface area contributed by atoms with E-state index in [4.69, 9.17) is 5.73 Å². The summed E-state index contributed by atoms with van der Waals surface area (Å²) in [6.45, 7) is 2.06. The van der Waals surface area contributed by atoms with Crippen molar-refractivity contribution in [1.82, 2.24) is 4.98 Å². The molecule has 2 N–H and O–H groups in total. The number of aromatic nitrogens is 1. The van der Waals surface area contributed by atoms with Crippen molar-refractivity contribution in [1.29, 1.82) is 0 Å². The van der Waals surface area contributed by atoms with E-state index >= 15 is 0 Å². The van der Waals surface area contributed by atoms with Gasteiger partial charge >= 0.3 is 0 Å². The standard InChI is InChI=1S/C11H14N2/c1-8-10(6-13-7-11(8)12)9-4-2-3-5-9/h4,6-7H,2-3,5,12H2,1H3. The molecule has 1 aliphatic carbocycles. The van der Waals surface area contributed by atoms with Crippen LogP contribution < -0.4 is 5.73 Å². The predicted octanol–water partition coefficient (Wildman–Crippen LogP) is 2.54. The fraction of sp³-hybridized carbons (Fsp3) is 0.364. The van der Waals surface area contributed by atoms with Crippen LogP contribution in [0.4, 0.5) is 5.69 Å². The molecule has 2 heteroatoms. The Morgan fingerprint density at radius 3 is 2.92 bits per heavy atom. The van der Waals surface area contributed by atoms with E-state index in [9.17, 15) is 0 Å². The van der Waals surface area contributed by atoms with E-state index in [1.54, 1.807) is 6.20 Å². The Hall–Kier alpha value is -1.31. The van der Waals surface area contributed by atoms with E-state index in [0.29, 0.717) is 0 Å². The van der Waals surface area contributed by atoms with Crippen LogP contribution in [0.15, 0.2) is 18.5 Å².